The molecule has 2 fully saturated rings. The summed E-state index contributed by atoms with van der Waals surface area (Å²) in [5.74, 6) is 0.904. The van der Waals surface area contributed by atoms with E-state index in [4.69, 9.17) is 0 Å². The van der Waals surface area contributed by atoms with Crippen molar-refractivity contribution in [3.63, 3.8) is 0 Å². The smallest absolute Gasteiger partial charge is 0.00981 e. The number of hydrogen-bond acceptors (Lipinski definition) is 2. The lowest BCUT2D eigenvalue weighted by Gasteiger charge is -2.42. The third kappa shape index (κ3) is 2.94. The van der Waals surface area contributed by atoms with Gasteiger partial charge in [0.05, 0.1) is 0 Å². The monoisotopic (exact) mass is 210 g/mol. The Morgan fingerprint density at radius 2 is 2.00 bits per heavy atom. The van der Waals surface area contributed by atoms with Crippen LogP contribution >= 0.6 is 0 Å². The van der Waals surface area contributed by atoms with E-state index in [-0.39, 0.29) is 0 Å². The number of nitrogens with zero attached hydrogens (tertiary/aromatic N) is 1. The summed E-state index contributed by atoms with van der Waals surface area (Å²) >= 11 is 0. The van der Waals surface area contributed by atoms with E-state index in [0.717, 1.165) is 18.0 Å². The van der Waals surface area contributed by atoms with Crippen LogP contribution in [0.15, 0.2) is 0 Å². The van der Waals surface area contributed by atoms with Gasteiger partial charge in [0.15, 0.2) is 0 Å². The van der Waals surface area contributed by atoms with Crippen LogP contribution in [0, 0.1) is 5.92 Å². The lowest BCUT2D eigenvalue weighted by molar-refractivity contribution is 0.0711. The van der Waals surface area contributed by atoms with E-state index < -0.39 is 0 Å². The molecule has 0 spiro atoms. The van der Waals surface area contributed by atoms with Crippen molar-refractivity contribution in [2.75, 3.05) is 19.6 Å². The van der Waals surface area contributed by atoms with E-state index in [2.05, 4.69) is 24.1 Å². The molecule has 1 atom stereocenters. The van der Waals surface area contributed by atoms with Crippen LogP contribution in [-0.2, 0) is 0 Å². The molecule has 0 amide bonds. The molecule has 0 radical (unpaired) electrons. The summed E-state index contributed by atoms with van der Waals surface area (Å²) in [4.78, 5) is 2.75. The highest BCUT2D eigenvalue weighted by Gasteiger charge is 2.28. The quantitative estimate of drug-likeness (QED) is 0.765. The van der Waals surface area contributed by atoms with Gasteiger partial charge in [0.2, 0.25) is 0 Å². The Balaban J connectivity index is 1.81. The number of hydrogen-bond donors (Lipinski definition) is 1. The Morgan fingerprint density at radius 1 is 1.20 bits per heavy atom. The number of piperidine rings is 1. The summed E-state index contributed by atoms with van der Waals surface area (Å²) < 4.78 is 0. The van der Waals surface area contributed by atoms with Crippen LogP contribution in [-0.4, -0.2) is 36.6 Å². The van der Waals surface area contributed by atoms with Gasteiger partial charge < -0.3 is 5.32 Å². The lowest BCUT2D eigenvalue weighted by atomic mass is 9.88. The van der Waals surface area contributed by atoms with Crippen molar-refractivity contribution in [1.29, 1.82) is 0 Å². The maximum Gasteiger partial charge on any atom is 0.00981 e. The molecular weight excluding hydrogens is 184 g/mol. The molecule has 1 N–H and O–H groups in total. The standard InChI is InChI=1S/C13H26N2/c1-11(2)15(13-6-3-7-13)10-12-5-4-8-14-9-12/h11-14H,3-10H2,1-2H3. The first kappa shape index (κ1) is 11.4. The molecule has 2 nitrogen and oxygen atoms in total. The molecule has 15 heavy (non-hydrogen) atoms. The largest absolute Gasteiger partial charge is 0.316 e. The van der Waals surface area contributed by atoms with E-state index in [1.54, 1.807) is 0 Å². The van der Waals surface area contributed by atoms with Crippen molar-refractivity contribution >= 4 is 0 Å². The molecule has 1 aliphatic carbocycles. The normalized spacial score (nSPS) is 28.4. The van der Waals surface area contributed by atoms with Crippen molar-refractivity contribution in [2.24, 2.45) is 5.92 Å². The van der Waals surface area contributed by atoms with E-state index in [9.17, 15) is 0 Å². The van der Waals surface area contributed by atoms with Crippen molar-refractivity contribution in [1.82, 2.24) is 10.2 Å². The summed E-state index contributed by atoms with van der Waals surface area (Å²) in [5, 5.41) is 3.53. The Kier molecular flexibility index (Phi) is 4.04. The van der Waals surface area contributed by atoms with Crippen molar-refractivity contribution in [2.45, 2.75) is 58.0 Å². The summed E-state index contributed by atoms with van der Waals surface area (Å²) in [6.07, 6.45) is 7.15. The minimum Gasteiger partial charge on any atom is -0.316 e. The van der Waals surface area contributed by atoms with Gasteiger partial charge in [0, 0.05) is 18.6 Å². The minimum absolute atomic E-state index is 0.734. The van der Waals surface area contributed by atoms with Gasteiger partial charge in [-0.15, -0.1) is 0 Å². The molecule has 1 heterocycles. The molecule has 2 rings (SSSR count). The Labute approximate surface area is 94.4 Å². The third-order valence-electron chi connectivity index (χ3n) is 4.07. The van der Waals surface area contributed by atoms with Gasteiger partial charge in [-0.3, -0.25) is 4.90 Å². The molecule has 1 saturated heterocycles. The van der Waals surface area contributed by atoms with Crippen LogP contribution in [0.1, 0.15) is 46.0 Å². The van der Waals surface area contributed by atoms with Crippen LogP contribution in [0.4, 0.5) is 0 Å². The minimum atomic E-state index is 0.734. The highest BCUT2D eigenvalue weighted by molar-refractivity contribution is 4.84. The zero-order valence-electron chi connectivity index (χ0n) is 10.3. The molecule has 0 aromatic rings. The summed E-state index contributed by atoms with van der Waals surface area (Å²) in [5.41, 5.74) is 0. The van der Waals surface area contributed by atoms with Gasteiger partial charge in [-0.2, -0.15) is 0 Å². The first-order valence-electron chi connectivity index (χ1n) is 6.74. The van der Waals surface area contributed by atoms with Crippen molar-refractivity contribution in [3.05, 3.63) is 0 Å². The predicted octanol–water partition coefficient (Wildman–Crippen LogP) is 2.25. The Hall–Kier alpha value is -0.0800. The van der Waals surface area contributed by atoms with E-state index >= 15 is 0 Å². The second-order valence-electron chi connectivity index (χ2n) is 5.59. The van der Waals surface area contributed by atoms with Gasteiger partial charge in [-0.1, -0.05) is 6.42 Å². The SMILES string of the molecule is CC(C)N(CC1CCCNC1)C1CCC1. The van der Waals surface area contributed by atoms with Gasteiger partial charge in [-0.25, -0.2) is 0 Å². The molecule has 88 valence electrons. The molecule has 1 saturated carbocycles. The average molecular weight is 210 g/mol. The van der Waals surface area contributed by atoms with E-state index in [0.29, 0.717) is 0 Å². The van der Waals surface area contributed by atoms with Gasteiger partial charge >= 0.3 is 0 Å². The first-order chi connectivity index (χ1) is 7.27. The van der Waals surface area contributed by atoms with Crippen LogP contribution in [0.2, 0.25) is 0 Å². The Morgan fingerprint density at radius 3 is 2.47 bits per heavy atom. The predicted molar refractivity (Wildman–Crippen MR) is 65.1 cm³/mol. The van der Waals surface area contributed by atoms with Crippen LogP contribution in [0.25, 0.3) is 0 Å². The fourth-order valence-electron chi connectivity index (χ4n) is 2.88. The van der Waals surface area contributed by atoms with Crippen molar-refractivity contribution < 1.29 is 0 Å². The Bertz CT molecular complexity index is 181. The van der Waals surface area contributed by atoms with Crippen LogP contribution < -0.4 is 5.32 Å². The zero-order chi connectivity index (χ0) is 10.7. The van der Waals surface area contributed by atoms with Crippen LogP contribution in [0.5, 0.6) is 0 Å². The molecule has 2 heteroatoms. The number of nitrogens with one attached hydrogen (secondary N) is 1. The number of rotatable bonds is 4. The average Bonchev–Trinajstić information content (AvgIpc) is 2.15. The molecular formula is C13H26N2. The van der Waals surface area contributed by atoms with Gasteiger partial charge in [0.1, 0.15) is 0 Å². The fraction of sp³-hybridized carbons (Fsp3) is 1.00. The second kappa shape index (κ2) is 5.31. The van der Waals surface area contributed by atoms with Crippen LogP contribution in [0.3, 0.4) is 0 Å². The first-order valence-corrected chi connectivity index (χ1v) is 6.74. The van der Waals surface area contributed by atoms with E-state index in [1.807, 2.05) is 0 Å². The third-order valence-corrected chi connectivity index (χ3v) is 4.07. The maximum absolute atomic E-state index is 3.53. The van der Waals surface area contributed by atoms with Gasteiger partial charge in [-0.05, 0) is 58.5 Å². The molecule has 2 aliphatic rings. The maximum atomic E-state index is 3.53. The topological polar surface area (TPSA) is 15.3 Å². The molecule has 0 aromatic heterocycles. The van der Waals surface area contributed by atoms with Gasteiger partial charge in [0.25, 0.3) is 0 Å². The molecule has 0 bridgehead atoms. The summed E-state index contributed by atoms with van der Waals surface area (Å²) in [7, 11) is 0. The highest BCUT2D eigenvalue weighted by atomic mass is 15.2. The molecule has 1 aliphatic heterocycles. The van der Waals surface area contributed by atoms with Crippen molar-refractivity contribution in [3.8, 4) is 0 Å². The fourth-order valence-corrected chi connectivity index (χ4v) is 2.88. The second-order valence-corrected chi connectivity index (χ2v) is 5.59. The van der Waals surface area contributed by atoms with E-state index in [1.165, 1.54) is 51.7 Å². The molecule has 1 unspecified atom stereocenters. The zero-order valence-corrected chi connectivity index (χ0v) is 10.3. The molecule has 0 aromatic carbocycles. The highest BCUT2D eigenvalue weighted by Crippen LogP contribution is 2.28. The lowest BCUT2D eigenvalue weighted by Crippen LogP contribution is -2.48. The summed E-state index contributed by atoms with van der Waals surface area (Å²) in [6, 6.07) is 1.64. The summed E-state index contributed by atoms with van der Waals surface area (Å²) in [6.45, 7) is 8.52.